The van der Waals surface area contributed by atoms with E-state index >= 15 is 0 Å². The Kier molecular flexibility index (Phi) is 4.05. The Morgan fingerprint density at radius 3 is 2.31 bits per heavy atom. The van der Waals surface area contributed by atoms with Gasteiger partial charge in [0.05, 0.1) is 5.56 Å². The van der Waals surface area contributed by atoms with Gasteiger partial charge < -0.3 is 5.73 Å². The molecule has 0 fully saturated rings. The number of nitrogens with two attached hydrogens (primary N) is 1. The van der Waals surface area contributed by atoms with Crippen molar-refractivity contribution in [2.45, 2.75) is 19.1 Å². The molecule has 8 heteroatoms. The molecule has 1 aromatic rings. The third-order valence-electron chi connectivity index (χ3n) is 1.83. The molecule has 90 valence electrons. The van der Waals surface area contributed by atoms with Gasteiger partial charge in [0.2, 0.25) is 0 Å². The lowest BCUT2D eigenvalue weighted by Crippen LogP contribution is -2.16. The Labute approximate surface area is 101 Å². The summed E-state index contributed by atoms with van der Waals surface area (Å²) in [5.74, 6) is 0. The maximum atomic E-state index is 12.5. The van der Waals surface area contributed by atoms with Gasteiger partial charge in [0, 0.05) is 12.1 Å². The largest absolute Gasteiger partial charge is 0.416 e. The molecule has 0 atom stereocenters. The van der Waals surface area contributed by atoms with Crippen LogP contribution in [0.15, 0.2) is 6.07 Å². The van der Waals surface area contributed by atoms with Crippen molar-refractivity contribution in [3.8, 4) is 0 Å². The van der Waals surface area contributed by atoms with Crippen molar-refractivity contribution < 1.29 is 22.0 Å². The Balaban J connectivity index is 3.43. The quantitative estimate of drug-likeness (QED) is 0.505. The van der Waals surface area contributed by atoms with Crippen LogP contribution in [-0.4, -0.2) is 4.98 Å². The summed E-state index contributed by atoms with van der Waals surface area (Å²) in [5, 5.41) is 0. The lowest BCUT2D eigenvalue weighted by molar-refractivity contribution is -0.138. The first kappa shape index (κ1) is 13.6. The van der Waals surface area contributed by atoms with Gasteiger partial charge in [-0.2, -0.15) is 13.2 Å². The van der Waals surface area contributed by atoms with Crippen molar-refractivity contribution in [1.82, 2.24) is 4.98 Å². The normalized spacial score (nSPS) is 12.2. The molecule has 0 amide bonds. The van der Waals surface area contributed by atoms with Crippen LogP contribution in [0.1, 0.15) is 23.2 Å². The second-order valence-corrected chi connectivity index (χ2v) is 3.89. The molecular formula is C8H6F5IN2. The number of hydrogen-bond acceptors (Lipinski definition) is 2. The highest BCUT2D eigenvalue weighted by atomic mass is 127. The Morgan fingerprint density at radius 2 is 1.94 bits per heavy atom. The van der Waals surface area contributed by atoms with Gasteiger partial charge in [0.25, 0.3) is 6.43 Å². The molecule has 1 heterocycles. The highest BCUT2D eigenvalue weighted by molar-refractivity contribution is 14.1. The van der Waals surface area contributed by atoms with E-state index in [1.807, 2.05) is 0 Å². The molecule has 0 spiro atoms. The van der Waals surface area contributed by atoms with Gasteiger partial charge in [-0.15, -0.1) is 0 Å². The first-order chi connectivity index (χ1) is 7.27. The van der Waals surface area contributed by atoms with Crippen LogP contribution in [0.4, 0.5) is 22.0 Å². The lowest BCUT2D eigenvalue weighted by atomic mass is 10.1. The minimum atomic E-state index is -4.71. The Bertz CT molecular complexity index is 391. The van der Waals surface area contributed by atoms with E-state index in [1.165, 1.54) is 22.6 Å². The number of hydrogen-bond donors (Lipinski definition) is 1. The summed E-state index contributed by atoms with van der Waals surface area (Å²) in [6.07, 6.45) is -7.75. The standard InChI is InChI=1S/C8H6F5IN2/c9-6(10)5-1-4(8(11,12)13)3(2-15)7(14)16-5/h1,6H,2,15H2. The van der Waals surface area contributed by atoms with Gasteiger partial charge in [0.1, 0.15) is 9.39 Å². The van der Waals surface area contributed by atoms with E-state index in [1.54, 1.807) is 0 Å². The predicted molar refractivity (Wildman–Crippen MR) is 54.8 cm³/mol. The molecule has 0 radical (unpaired) electrons. The maximum Gasteiger partial charge on any atom is 0.416 e. The van der Waals surface area contributed by atoms with Crippen LogP contribution in [0.3, 0.4) is 0 Å². The number of pyridine rings is 1. The van der Waals surface area contributed by atoms with Gasteiger partial charge >= 0.3 is 6.18 Å². The zero-order chi connectivity index (χ0) is 12.5. The number of rotatable bonds is 2. The lowest BCUT2D eigenvalue weighted by Gasteiger charge is -2.14. The van der Waals surface area contributed by atoms with E-state index < -0.39 is 30.4 Å². The molecule has 0 aliphatic carbocycles. The molecule has 1 aromatic heterocycles. The third-order valence-corrected chi connectivity index (χ3v) is 2.72. The molecule has 0 aliphatic heterocycles. The van der Waals surface area contributed by atoms with Crippen molar-refractivity contribution in [3.63, 3.8) is 0 Å². The summed E-state index contributed by atoms with van der Waals surface area (Å²) in [5.41, 5.74) is 2.83. The van der Waals surface area contributed by atoms with Crippen molar-refractivity contribution in [1.29, 1.82) is 0 Å². The highest BCUT2D eigenvalue weighted by Crippen LogP contribution is 2.35. The van der Waals surface area contributed by atoms with Crippen LogP contribution in [0, 0.1) is 3.70 Å². The van der Waals surface area contributed by atoms with Crippen LogP contribution < -0.4 is 5.73 Å². The van der Waals surface area contributed by atoms with Crippen molar-refractivity contribution in [3.05, 3.63) is 26.6 Å². The SMILES string of the molecule is NCc1c(C(F)(F)F)cc(C(F)F)nc1I. The molecule has 1 rings (SSSR count). The summed E-state index contributed by atoms with van der Waals surface area (Å²) in [6.45, 7) is -0.399. The van der Waals surface area contributed by atoms with E-state index in [0.717, 1.165) is 0 Å². The monoisotopic (exact) mass is 352 g/mol. The molecule has 0 bridgehead atoms. The Hall–Kier alpha value is -0.510. The van der Waals surface area contributed by atoms with Gasteiger partial charge in [0.15, 0.2) is 0 Å². The number of halogens is 6. The first-order valence-corrected chi connectivity index (χ1v) is 5.10. The maximum absolute atomic E-state index is 12.5. The van der Waals surface area contributed by atoms with Crippen molar-refractivity contribution in [2.24, 2.45) is 5.73 Å². The molecule has 0 aromatic carbocycles. The molecule has 0 unspecified atom stereocenters. The van der Waals surface area contributed by atoms with Crippen LogP contribution >= 0.6 is 22.6 Å². The molecule has 2 nitrogen and oxygen atoms in total. The summed E-state index contributed by atoms with van der Waals surface area (Å²) in [6, 6.07) is 0.342. The number of alkyl halides is 5. The molecular weight excluding hydrogens is 346 g/mol. The van der Waals surface area contributed by atoms with E-state index in [2.05, 4.69) is 4.98 Å². The number of aromatic nitrogens is 1. The summed E-state index contributed by atoms with van der Waals surface area (Å²) < 4.78 is 62.0. The second kappa shape index (κ2) is 4.78. The van der Waals surface area contributed by atoms with E-state index in [9.17, 15) is 22.0 Å². The molecule has 2 N–H and O–H groups in total. The van der Waals surface area contributed by atoms with Gasteiger partial charge in [-0.1, -0.05) is 0 Å². The molecule has 0 saturated carbocycles. The summed E-state index contributed by atoms with van der Waals surface area (Å²) >= 11 is 1.46. The van der Waals surface area contributed by atoms with E-state index in [-0.39, 0.29) is 9.26 Å². The fourth-order valence-corrected chi connectivity index (χ4v) is 1.91. The Morgan fingerprint density at radius 1 is 1.38 bits per heavy atom. The summed E-state index contributed by atoms with van der Waals surface area (Å²) in [7, 11) is 0. The predicted octanol–water partition coefficient (Wildman–Crippen LogP) is 3.10. The fraction of sp³-hybridized carbons (Fsp3) is 0.375. The van der Waals surface area contributed by atoms with Crippen LogP contribution in [0.2, 0.25) is 0 Å². The average molecular weight is 352 g/mol. The van der Waals surface area contributed by atoms with Crippen molar-refractivity contribution >= 4 is 22.6 Å². The number of nitrogens with zero attached hydrogens (tertiary/aromatic N) is 1. The zero-order valence-electron chi connectivity index (χ0n) is 7.65. The minimum absolute atomic E-state index is 0.148. The fourth-order valence-electron chi connectivity index (χ4n) is 1.12. The van der Waals surface area contributed by atoms with Crippen molar-refractivity contribution in [2.75, 3.05) is 0 Å². The topological polar surface area (TPSA) is 38.9 Å². The second-order valence-electron chi connectivity index (χ2n) is 2.87. The third kappa shape index (κ3) is 2.78. The highest BCUT2D eigenvalue weighted by Gasteiger charge is 2.35. The molecule has 16 heavy (non-hydrogen) atoms. The van der Waals surface area contributed by atoms with Crippen LogP contribution in [0.5, 0.6) is 0 Å². The summed E-state index contributed by atoms with van der Waals surface area (Å²) in [4.78, 5) is 3.37. The first-order valence-electron chi connectivity index (χ1n) is 4.02. The molecule has 0 aliphatic rings. The van der Waals surface area contributed by atoms with Gasteiger partial charge in [-0.05, 0) is 28.7 Å². The molecule has 0 saturated heterocycles. The minimum Gasteiger partial charge on any atom is -0.326 e. The van der Waals surface area contributed by atoms with Crippen LogP contribution in [0.25, 0.3) is 0 Å². The van der Waals surface area contributed by atoms with Crippen LogP contribution in [-0.2, 0) is 12.7 Å². The average Bonchev–Trinajstić information content (AvgIpc) is 2.14. The zero-order valence-corrected chi connectivity index (χ0v) is 9.81. The van der Waals surface area contributed by atoms with Gasteiger partial charge in [-0.3, -0.25) is 0 Å². The van der Waals surface area contributed by atoms with E-state index in [4.69, 9.17) is 5.73 Å². The smallest absolute Gasteiger partial charge is 0.326 e. The van der Waals surface area contributed by atoms with E-state index in [0.29, 0.717) is 6.07 Å². The van der Waals surface area contributed by atoms with Gasteiger partial charge in [-0.25, -0.2) is 13.8 Å².